The third kappa shape index (κ3) is 4.67. The van der Waals surface area contributed by atoms with E-state index >= 15 is 0 Å². The van der Waals surface area contributed by atoms with Gasteiger partial charge < -0.3 is 10.2 Å². The van der Waals surface area contributed by atoms with E-state index < -0.39 is 41.0 Å². The molecule has 0 saturated carbocycles. The number of hydrogen-bond donors (Lipinski definition) is 1. The molecule has 0 bridgehead atoms. The lowest BCUT2D eigenvalue weighted by Crippen LogP contribution is -2.47. The molecule has 1 saturated heterocycles. The fraction of sp³-hybridized carbons (Fsp3) is 0.500. The molecule has 2 rings (SSSR count). The number of hydrogen-bond acceptors (Lipinski definition) is 2. The molecular weight excluding hydrogens is 366 g/mol. The third-order valence-corrected chi connectivity index (χ3v) is 4.10. The van der Waals surface area contributed by atoms with Crippen LogP contribution in [-0.4, -0.2) is 29.3 Å². The molecule has 1 unspecified atom stereocenters. The molecular formula is C16H16F6N2O2. The maximum atomic E-state index is 12.8. The van der Waals surface area contributed by atoms with Crippen LogP contribution in [0.1, 0.15) is 37.3 Å². The molecule has 0 radical (unpaired) electrons. The molecule has 10 heteroatoms. The Morgan fingerprint density at radius 3 is 2.00 bits per heavy atom. The Labute approximate surface area is 145 Å². The van der Waals surface area contributed by atoms with Gasteiger partial charge in [-0.3, -0.25) is 9.59 Å². The van der Waals surface area contributed by atoms with Crippen LogP contribution in [-0.2, 0) is 21.9 Å². The lowest BCUT2D eigenvalue weighted by Gasteiger charge is -2.32. The number of nitrogens with one attached hydrogen (secondary N) is 1. The average Bonchev–Trinajstić information content (AvgIpc) is 2.52. The first-order chi connectivity index (χ1) is 11.9. The van der Waals surface area contributed by atoms with Crippen molar-refractivity contribution in [2.75, 3.05) is 11.9 Å². The maximum absolute atomic E-state index is 12.8. The van der Waals surface area contributed by atoms with Gasteiger partial charge in [-0.05, 0) is 44.4 Å². The number of anilines is 1. The average molecular weight is 382 g/mol. The number of carbonyl (C=O) groups excluding carboxylic acids is 2. The van der Waals surface area contributed by atoms with E-state index in [1.807, 2.05) is 5.32 Å². The zero-order chi connectivity index (χ0) is 19.7. The van der Waals surface area contributed by atoms with E-state index in [0.717, 1.165) is 6.42 Å². The largest absolute Gasteiger partial charge is 0.416 e. The normalized spacial score (nSPS) is 18.6. The van der Waals surface area contributed by atoms with Crippen molar-refractivity contribution in [3.8, 4) is 0 Å². The number of rotatable bonds is 1. The van der Waals surface area contributed by atoms with Crippen molar-refractivity contribution in [3.05, 3.63) is 29.3 Å². The summed E-state index contributed by atoms with van der Waals surface area (Å²) < 4.78 is 76.9. The predicted molar refractivity (Wildman–Crippen MR) is 80.1 cm³/mol. The number of benzene rings is 1. The second kappa shape index (κ2) is 7.16. The topological polar surface area (TPSA) is 49.4 Å². The van der Waals surface area contributed by atoms with Gasteiger partial charge >= 0.3 is 24.2 Å². The number of alkyl halides is 6. The van der Waals surface area contributed by atoms with Crippen molar-refractivity contribution >= 4 is 17.5 Å². The lowest BCUT2D eigenvalue weighted by atomic mass is 10.0. The molecule has 0 aromatic heterocycles. The van der Waals surface area contributed by atoms with Crippen molar-refractivity contribution in [1.29, 1.82) is 0 Å². The van der Waals surface area contributed by atoms with Crippen LogP contribution in [0, 0.1) is 0 Å². The van der Waals surface area contributed by atoms with Gasteiger partial charge in [0, 0.05) is 18.3 Å². The summed E-state index contributed by atoms with van der Waals surface area (Å²) in [6.45, 7) is 2.03. The van der Waals surface area contributed by atoms with E-state index in [1.165, 1.54) is 4.90 Å². The van der Waals surface area contributed by atoms with Gasteiger partial charge in [0.1, 0.15) is 0 Å². The summed E-state index contributed by atoms with van der Waals surface area (Å²) in [6.07, 6.45) is -7.86. The molecule has 144 valence electrons. The van der Waals surface area contributed by atoms with Crippen molar-refractivity contribution in [1.82, 2.24) is 4.90 Å². The van der Waals surface area contributed by atoms with E-state index in [2.05, 4.69) is 0 Å². The highest BCUT2D eigenvalue weighted by Crippen LogP contribution is 2.37. The van der Waals surface area contributed by atoms with Crippen LogP contribution >= 0.6 is 0 Å². The van der Waals surface area contributed by atoms with Gasteiger partial charge in [0.2, 0.25) is 0 Å². The van der Waals surface area contributed by atoms with Crippen molar-refractivity contribution < 1.29 is 35.9 Å². The van der Waals surface area contributed by atoms with E-state index in [9.17, 15) is 35.9 Å². The van der Waals surface area contributed by atoms with Crippen LogP contribution in [0.3, 0.4) is 0 Å². The van der Waals surface area contributed by atoms with Gasteiger partial charge in [-0.2, -0.15) is 26.3 Å². The number of nitrogens with zero attached hydrogens (tertiary/aromatic N) is 1. The van der Waals surface area contributed by atoms with E-state index in [0.29, 0.717) is 31.5 Å². The molecule has 1 fully saturated rings. The van der Waals surface area contributed by atoms with Gasteiger partial charge in [-0.25, -0.2) is 0 Å². The minimum Gasteiger partial charge on any atom is -0.332 e. The molecule has 26 heavy (non-hydrogen) atoms. The summed E-state index contributed by atoms with van der Waals surface area (Å²) in [5, 5.41) is 1.85. The highest BCUT2D eigenvalue weighted by molar-refractivity contribution is 6.39. The Kier molecular flexibility index (Phi) is 5.52. The Morgan fingerprint density at radius 2 is 1.54 bits per heavy atom. The molecule has 2 amide bonds. The zero-order valence-electron chi connectivity index (χ0n) is 13.7. The maximum Gasteiger partial charge on any atom is 0.416 e. The van der Waals surface area contributed by atoms with Crippen LogP contribution in [0.25, 0.3) is 0 Å². The molecule has 0 spiro atoms. The van der Waals surface area contributed by atoms with Gasteiger partial charge in [0.15, 0.2) is 0 Å². The summed E-state index contributed by atoms with van der Waals surface area (Å²) in [5.74, 6) is -2.26. The quantitative estimate of drug-likeness (QED) is 0.588. The van der Waals surface area contributed by atoms with E-state index in [1.54, 1.807) is 6.92 Å². The Bertz CT molecular complexity index is 667. The molecule has 1 N–H and O–H groups in total. The Balaban J connectivity index is 2.27. The number of likely N-dealkylation sites (tertiary alicyclic amines) is 1. The third-order valence-electron chi connectivity index (χ3n) is 4.10. The van der Waals surface area contributed by atoms with Crippen molar-refractivity contribution in [3.63, 3.8) is 0 Å². The molecule has 1 aliphatic heterocycles. The monoisotopic (exact) mass is 382 g/mol. The van der Waals surface area contributed by atoms with Crippen molar-refractivity contribution in [2.45, 2.75) is 44.6 Å². The minimum absolute atomic E-state index is 0.0514. The van der Waals surface area contributed by atoms with E-state index in [4.69, 9.17) is 0 Å². The number of halogens is 6. The van der Waals surface area contributed by atoms with Crippen LogP contribution < -0.4 is 5.32 Å². The summed E-state index contributed by atoms with van der Waals surface area (Å²) in [5.41, 5.74) is -3.88. The number of piperidine rings is 1. The lowest BCUT2D eigenvalue weighted by molar-refractivity contribution is -0.145. The van der Waals surface area contributed by atoms with Gasteiger partial charge in [0.05, 0.1) is 11.1 Å². The van der Waals surface area contributed by atoms with Crippen LogP contribution in [0.4, 0.5) is 32.0 Å². The molecule has 4 nitrogen and oxygen atoms in total. The fourth-order valence-corrected chi connectivity index (χ4v) is 2.74. The smallest absolute Gasteiger partial charge is 0.332 e. The molecule has 0 aliphatic carbocycles. The Morgan fingerprint density at radius 1 is 1.00 bits per heavy atom. The summed E-state index contributed by atoms with van der Waals surface area (Å²) in [7, 11) is 0. The second-order valence-electron chi connectivity index (χ2n) is 6.09. The molecule has 1 atom stereocenters. The van der Waals surface area contributed by atoms with Gasteiger partial charge in [0.25, 0.3) is 0 Å². The highest BCUT2D eigenvalue weighted by Gasteiger charge is 2.37. The molecule has 1 aliphatic rings. The molecule has 1 aromatic rings. The first-order valence-electron chi connectivity index (χ1n) is 7.81. The summed E-state index contributed by atoms with van der Waals surface area (Å²) in [6, 6.07) is 0.443. The minimum atomic E-state index is -5.04. The first kappa shape index (κ1) is 20.1. The van der Waals surface area contributed by atoms with Gasteiger partial charge in [-0.1, -0.05) is 0 Å². The van der Waals surface area contributed by atoms with Crippen LogP contribution in [0.2, 0.25) is 0 Å². The molecule has 1 heterocycles. The number of carbonyl (C=O) groups is 2. The SMILES string of the molecule is CC1CCCCN1C(=O)C(=O)Nc1cc(C(F)(F)F)cc(C(F)(F)F)c1. The highest BCUT2D eigenvalue weighted by atomic mass is 19.4. The second-order valence-corrected chi connectivity index (χ2v) is 6.09. The first-order valence-corrected chi connectivity index (χ1v) is 7.81. The van der Waals surface area contributed by atoms with Crippen molar-refractivity contribution in [2.24, 2.45) is 0 Å². The van der Waals surface area contributed by atoms with E-state index in [-0.39, 0.29) is 12.1 Å². The fourth-order valence-electron chi connectivity index (χ4n) is 2.74. The Hall–Kier alpha value is -2.26. The predicted octanol–water partition coefficient (Wildman–Crippen LogP) is 4.06. The summed E-state index contributed by atoms with van der Waals surface area (Å²) in [4.78, 5) is 25.4. The summed E-state index contributed by atoms with van der Waals surface area (Å²) >= 11 is 0. The van der Waals surface area contributed by atoms with Crippen LogP contribution in [0.15, 0.2) is 18.2 Å². The molecule has 1 aromatic carbocycles. The van der Waals surface area contributed by atoms with Crippen LogP contribution in [0.5, 0.6) is 0 Å². The standard InChI is InChI=1S/C16H16F6N2O2/c1-9-4-2-3-5-24(9)14(26)13(25)23-12-7-10(15(17,18)19)6-11(8-12)16(20,21)22/h6-9H,2-5H2,1H3,(H,23,25). The zero-order valence-corrected chi connectivity index (χ0v) is 13.7. The van der Waals surface area contributed by atoms with Gasteiger partial charge in [-0.15, -0.1) is 0 Å². The number of amides is 2.